The highest BCUT2D eigenvalue weighted by Crippen LogP contribution is 2.47. The molecule has 0 saturated carbocycles. The number of fused-ring (bicyclic) bond motifs is 2. The number of carbonyl (C=O) groups excluding carboxylic acids is 1. The molecule has 1 amide bonds. The molecule has 2 aromatic heterocycles. The monoisotopic (exact) mass is 672 g/mol. The van der Waals surface area contributed by atoms with Crippen molar-refractivity contribution < 1.29 is 23.0 Å². The van der Waals surface area contributed by atoms with E-state index in [0.717, 1.165) is 11.3 Å². The van der Waals surface area contributed by atoms with Crippen LogP contribution in [0.5, 0.6) is 6.01 Å². The first-order chi connectivity index (χ1) is 23.1. The molecule has 0 radical (unpaired) electrons. The van der Waals surface area contributed by atoms with E-state index in [0.29, 0.717) is 59.2 Å². The second kappa shape index (κ2) is 13.3. The van der Waals surface area contributed by atoms with E-state index in [1.807, 2.05) is 23.9 Å². The summed E-state index contributed by atoms with van der Waals surface area (Å²) in [5, 5.41) is 11.5. The van der Waals surface area contributed by atoms with Gasteiger partial charge in [0.15, 0.2) is 0 Å². The molecule has 4 aromatic rings. The van der Waals surface area contributed by atoms with Gasteiger partial charge in [0.1, 0.15) is 24.4 Å². The predicted molar refractivity (Wildman–Crippen MR) is 182 cm³/mol. The van der Waals surface area contributed by atoms with Crippen LogP contribution < -0.4 is 15.4 Å². The lowest BCUT2D eigenvalue weighted by molar-refractivity contribution is -0.127. The predicted octanol–water partition coefficient (Wildman–Crippen LogP) is 5.31. The number of carbonyl (C=O) groups is 1. The summed E-state index contributed by atoms with van der Waals surface area (Å²) in [7, 11) is 5.28. The Balaban J connectivity index is 1.51. The second-order valence-electron chi connectivity index (χ2n) is 12.0. The minimum absolute atomic E-state index is 0.0573. The van der Waals surface area contributed by atoms with Gasteiger partial charge in [-0.05, 0) is 49.7 Å². The van der Waals surface area contributed by atoms with Crippen LogP contribution >= 0.6 is 11.3 Å². The highest BCUT2D eigenvalue weighted by Gasteiger charge is 2.40. The molecule has 4 unspecified atom stereocenters. The number of alkyl halides is 1. The number of thiophene rings is 1. The number of nitriles is 1. The average molecular weight is 673 g/mol. The summed E-state index contributed by atoms with van der Waals surface area (Å²) < 4.78 is 40.9. The van der Waals surface area contributed by atoms with Crippen molar-refractivity contribution in [1.29, 1.82) is 5.26 Å². The molecule has 48 heavy (non-hydrogen) atoms. The molecule has 2 aliphatic rings. The molecule has 0 aliphatic carbocycles. The molecule has 2 fully saturated rings. The lowest BCUT2D eigenvalue weighted by Crippen LogP contribution is -2.48. The fraction of sp³-hybridized carbons (Fsp3) is 0.382. The fourth-order valence-corrected chi connectivity index (χ4v) is 7.82. The normalized spacial score (nSPS) is 21.0. The highest BCUT2D eigenvalue weighted by molar-refractivity contribution is 7.23. The Labute approximate surface area is 280 Å². The Kier molecular flexibility index (Phi) is 9.16. The van der Waals surface area contributed by atoms with Crippen molar-refractivity contribution >= 4 is 54.7 Å². The van der Waals surface area contributed by atoms with Gasteiger partial charge in [-0.3, -0.25) is 9.69 Å². The first-order valence-electron chi connectivity index (χ1n) is 15.4. The SMILES string of the molecule is [C-]#[N+]c1c(N)sc2c(F)ccc(-c3cc4nc(OCC5CC(F)CN5C)nc(N(C)C5CCN(C(=O)C=C)C5COC)c4cc3C#N)c12. The Morgan fingerprint density at radius 2 is 2.12 bits per heavy atom. The zero-order chi connectivity index (χ0) is 34.3. The Bertz CT molecular complexity index is 2010. The first kappa shape index (κ1) is 33.0. The average Bonchev–Trinajstić information content (AvgIpc) is 3.76. The van der Waals surface area contributed by atoms with E-state index in [4.69, 9.17) is 31.7 Å². The van der Waals surface area contributed by atoms with Crippen molar-refractivity contribution in [1.82, 2.24) is 19.8 Å². The molecule has 14 heteroatoms. The van der Waals surface area contributed by atoms with Gasteiger partial charge >= 0.3 is 6.01 Å². The van der Waals surface area contributed by atoms with Crippen LogP contribution in [0.25, 0.3) is 37.0 Å². The van der Waals surface area contributed by atoms with Gasteiger partial charge in [0.25, 0.3) is 0 Å². The van der Waals surface area contributed by atoms with Crippen LogP contribution in [0, 0.1) is 23.7 Å². The standard InChI is InChI=1S/C34H34F2N8O3S/c1-6-28(45)44-10-9-26(27(44)17-46-5)43(4)33-23-11-18(14-37)22(21-7-8-24(36)31-29(21)30(39-2)32(38)48-31)13-25(23)40-34(41-33)47-16-20-12-19(35)15-42(20)3/h6-8,11,13,19-20,26-27H,1,9-10,12,15-17,38H2,3-5H3. The van der Waals surface area contributed by atoms with Gasteiger partial charge in [0, 0.05) is 49.6 Å². The number of hydrogen-bond acceptors (Lipinski definition) is 10. The van der Waals surface area contributed by atoms with Crippen LogP contribution in [0.4, 0.5) is 25.3 Å². The molecule has 248 valence electrons. The number of methoxy groups -OCH3 is 1. The van der Waals surface area contributed by atoms with Gasteiger partial charge in [-0.1, -0.05) is 12.6 Å². The lowest BCUT2D eigenvalue weighted by atomic mass is 9.95. The van der Waals surface area contributed by atoms with Gasteiger partial charge < -0.3 is 25.0 Å². The minimum atomic E-state index is -0.949. The number of amides is 1. The van der Waals surface area contributed by atoms with Crippen LogP contribution in [-0.4, -0.2) is 97.5 Å². The molecule has 2 aromatic carbocycles. The van der Waals surface area contributed by atoms with Gasteiger partial charge in [-0.2, -0.15) is 15.2 Å². The molecule has 2 aliphatic heterocycles. The third-order valence-electron chi connectivity index (χ3n) is 9.29. The summed E-state index contributed by atoms with van der Waals surface area (Å²) >= 11 is 0.984. The summed E-state index contributed by atoms with van der Waals surface area (Å²) in [5.74, 6) is -0.252. The van der Waals surface area contributed by atoms with Crippen molar-refractivity contribution in [3.8, 4) is 23.2 Å². The zero-order valence-electron chi connectivity index (χ0n) is 26.7. The molecular formula is C34H34F2N8O3S. The van der Waals surface area contributed by atoms with Crippen molar-refractivity contribution in [3.63, 3.8) is 0 Å². The number of likely N-dealkylation sites (N-methyl/N-ethyl adjacent to an activating group) is 2. The van der Waals surface area contributed by atoms with E-state index < -0.39 is 12.0 Å². The van der Waals surface area contributed by atoms with E-state index in [2.05, 4.69) is 17.5 Å². The molecule has 11 nitrogen and oxygen atoms in total. The van der Waals surface area contributed by atoms with Gasteiger partial charge in [0.05, 0.1) is 52.1 Å². The Hall–Kier alpha value is -4.89. The molecule has 0 spiro atoms. The third-order valence-corrected chi connectivity index (χ3v) is 10.3. The van der Waals surface area contributed by atoms with Gasteiger partial charge in [0.2, 0.25) is 11.6 Å². The number of anilines is 2. The maximum absolute atomic E-state index is 14.9. The van der Waals surface area contributed by atoms with E-state index in [1.54, 1.807) is 24.1 Å². The smallest absolute Gasteiger partial charge is 0.319 e. The van der Waals surface area contributed by atoms with Crippen LogP contribution in [-0.2, 0) is 9.53 Å². The van der Waals surface area contributed by atoms with Crippen LogP contribution in [0.1, 0.15) is 18.4 Å². The molecule has 2 saturated heterocycles. The van der Waals surface area contributed by atoms with Crippen LogP contribution in [0.15, 0.2) is 36.9 Å². The number of halogens is 2. The largest absolute Gasteiger partial charge is 0.462 e. The topological polar surface area (TPSA) is 125 Å². The third kappa shape index (κ3) is 5.76. The van der Waals surface area contributed by atoms with Crippen molar-refractivity contribution in [2.24, 2.45) is 0 Å². The summed E-state index contributed by atoms with van der Waals surface area (Å²) in [6.45, 7) is 12.6. The lowest BCUT2D eigenvalue weighted by Gasteiger charge is -2.33. The molecule has 2 N–H and O–H groups in total. The van der Waals surface area contributed by atoms with Crippen molar-refractivity contribution in [3.05, 3.63) is 59.7 Å². The summed E-state index contributed by atoms with van der Waals surface area (Å²) in [6, 6.07) is 7.84. The number of aromatic nitrogens is 2. The number of nitrogens with two attached hydrogens (primary N) is 1. The number of benzene rings is 2. The highest BCUT2D eigenvalue weighted by atomic mass is 32.1. The van der Waals surface area contributed by atoms with E-state index in [9.17, 15) is 18.8 Å². The number of nitrogen functional groups attached to an aromatic ring is 1. The summed E-state index contributed by atoms with van der Waals surface area (Å²) in [4.78, 5) is 31.4. The number of rotatable bonds is 9. The van der Waals surface area contributed by atoms with Gasteiger partial charge in [-0.25, -0.2) is 13.6 Å². The van der Waals surface area contributed by atoms with E-state index >= 15 is 0 Å². The van der Waals surface area contributed by atoms with Crippen molar-refractivity contribution in [2.75, 3.05) is 58.1 Å². The number of nitrogens with zero attached hydrogens (tertiary/aromatic N) is 7. The van der Waals surface area contributed by atoms with E-state index in [1.165, 1.54) is 18.2 Å². The molecule has 4 heterocycles. The first-order valence-corrected chi connectivity index (χ1v) is 16.2. The minimum Gasteiger partial charge on any atom is -0.462 e. The molecule has 4 atom stereocenters. The number of hydrogen-bond donors (Lipinski definition) is 1. The number of ether oxygens (including phenoxy) is 2. The van der Waals surface area contributed by atoms with E-state index in [-0.39, 0.29) is 64.2 Å². The van der Waals surface area contributed by atoms with Gasteiger partial charge in [-0.15, -0.1) is 11.3 Å². The van der Waals surface area contributed by atoms with Crippen LogP contribution in [0.2, 0.25) is 0 Å². The van der Waals surface area contributed by atoms with Crippen molar-refractivity contribution in [2.45, 2.75) is 37.1 Å². The Morgan fingerprint density at radius 1 is 1.33 bits per heavy atom. The quantitative estimate of drug-likeness (QED) is 0.186. The summed E-state index contributed by atoms with van der Waals surface area (Å²) in [5.41, 5.74) is 7.83. The maximum Gasteiger partial charge on any atom is 0.319 e. The second-order valence-corrected chi connectivity index (χ2v) is 13.1. The molecule has 6 rings (SSSR count). The zero-order valence-corrected chi connectivity index (χ0v) is 27.6. The Morgan fingerprint density at radius 3 is 2.79 bits per heavy atom. The maximum atomic E-state index is 14.9. The molecule has 0 bridgehead atoms. The number of likely N-dealkylation sites (tertiary alicyclic amines) is 2. The summed E-state index contributed by atoms with van der Waals surface area (Å²) in [6.07, 6.45) is 1.28. The molecular weight excluding hydrogens is 638 g/mol. The van der Waals surface area contributed by atoms with Crippen LogP contribution in [0.3, 0.4) is 0 Å². The fourth-order valence-electron chi connectivity index (χ4n) is 6.88.